The van der Waals surface area contributed by atoms with Crippen LogP contribution in [0.15, 0.2) is 10.6 Å². The number of hydrogen-bond donors (Lipinski definition) is 3. The van der Waals surface area contributed by atoms with Crippen molar-refractivity contribution in [3.8, 4) is 0 Å². The summed E-state index contributed by atoms with van der Waals surface area (Å²) < 4.78 is 0. The molecule has 6 atom stereocenters. The van der Waals surface area contributed by atoms with Crippen LogP contribution in [-0.4, -0.2) is 91.4 Å². The minimum Gasteiger partial charge on any atom is -0.477 e. The summed E-state index contributed by atoms with van der Waals surface area (Å²) in [6.07, 6.45) is -0.181. The summed E-state index contributed by atoms with van der Waals surface area (Å²) in [5.74, 6) is -2.09. The van der Waals surface area contributed by atoms with E-state index in [0.29, 0.717) is 31.0 Å². The molecular weight excluding hydrogens is 408 g/mol. The SMILES string of the molecule is C[C@@H](O)[C@H]1C(=O)N2C(C(=O)O)=C(S[C@H]3C[C@H]4C(=O)N(CCN)C(C)(C)N4C3)[C@H](C)[C@H]12. The van der Waals surface area contributed by atoms with E-state index < -0.39 is 23.7 Å². The number of amides is 2. The summed E-state index contributed by atoms with van der Waals surface area (Å²) >= 11 is 1.48. The molecule has 10 heteroatoms. The molecule has 4 aliphatic rings. The molecule has 0 aliphatic carbocycles. The first-order valence-corrected chi connectivity index (χ1v) is 11.3. The normalized spacial score (nSPS) is 36.3. The van der Waals surface area contributed by atoms with E-state index in [2.05, 4.69) is 4.90 Å². The number of aliphatic hydroxyl groups is 1. The third kappa shape index (κ3) is 2.84. The summed E-state index contributed by atoms with van der Waals surface area (Å²) in [5, 5.41) is 19.9. The van der Waals surface area contributed by atoms with Gasteiger partial charge in [-0.25, -0.2) is 4.79 Å². The maximum Gasteiger partial charge on any atom is 0.353 e. The van der Waals surface area contributed by atoms with Gasteiger partial charge in [-0.2, -0.15) is 0 Å². The Morgan fingerprint density at radius 2 is 2.00 bits per heavy atom. The van der Waals surface area contributed by atoms with E-state index in [1.165, 1.54) is 16.7 Å². The summed E-state index contributed by atoms with van der Waals surface area (Å²) in [7, 11) is 0. The monoisotopic (exact) mass is 438 g/mol. The topological polar surface area (TPSA) is 127 Å². The van der Waals surface area contributed by atoms with E-state index in [0.717, 1.165) is 0 Å². The van der Waals surface area contributed by atoms with Crippen LogP contribution in [0, 0.1) is 11.8 Å². The Morgan fingerprint density at radius 1 is 1.33 bits per heavy atom. The third-order valence-electron chi connectivity index (χ3n) is 7.13. The first kappa shape index (κ1) is 21.6. The first-order chi connectivity index (χ1) is 14.0. The van der Waals surface area contributed by atoms with E-state index >= 15 is 0 Å². The summed E-state index contributed by atoms with van der Waals surface area (Å²) in [6, 6.07) is -0.538. The van der Waals surface area contributed by atoms with Gasteiger partial charge in [-0.05, 0) is 27.2 Å². The number of nitrogens with zero attached hydrogens (tertiary/aromatic N) is 3. The van der Waals surface area contributed by atoms with Crippen LogP contribution in [0.25, 0.3) is 0 Å². The van der Waals surface area contributed by atoms with Gasteiger partial charge in [0.15, 0.2) is 0 Å². The van der Waals surface area contributed by atoms with Gasteiger partial charge in [-0.1, -0.05) is 6.92 Å². The maximum atomic E-state index is 12.9. The second-order valence-electron chi connectivity index (χ2n) is 9.19. The van der Waals surface area contributed by atoms with Crippen molar-refractivity contribution in [2.75, 3.05) is 19.6 Å². The second kappa shape index (κ2) is 7.22. The maximum absolute atomic E-state index is 12.9. The quantitative estimate of drug-likeness (QED) is 0.489. The largest absolute Gasteiger partial charge is 0.477 e. The number of aliphatic carboxylic acids is 1. The van der Waals surface area contributed by atoms with Gasteiger partial charge in [-0.15, -0.1) is 11.8 Å². The van der Waals surface area contributed by atoms with Crippen LogP contribution in [0.1, 0.15) is 34.1 Å². The molecule has 0 aromatic heterocycles. The highest BCUT2D eigenvalue weighted by Gasteiger charge is 2.61. The second-order valence-corrected chi connectivity index (χ2v) is 10.5. The fourth-order valence-electron chi connectivity index (χ4n) is 5.70. The van der Waals surface area contributed by atoms with Gasteiger partial charge in [0.25, 0.3) is 0 Å². The lowest BCUT2D eigenvalue weighted by Crippen LogP contribution is -2.63. The average molecular weight is 439 g/mol. The number of hydrogen-bond acceptors (Lipinski definition) is 7. The average Bonchev–Trinajstić information content (AvgIpc) is 3.23. The van der Waals surface area contributed by atoms with Gasteiger partial charge in [-0.3, -0.25) is 14.5 Å². The Bertz CT molecular complexity index is 828. The number of carboxylic acid groups (broad SMARTS) is 1. The van der Waals surface area contributed by atoms with E-state index in [9.17, 15) is 24.6 Å². The van der Waals surface area contributed by atoms with Gasteiger partial charge in [0.05, 0.1) is 29.8 Å². The Morgan fingerprint density at radius 3 is 2.53 bits per heavy atom. The molecule has 9 nitrogen and oxygen atoms in total. The number of thioether (sulfide) groups is 1. The highest BCUT2D eigenvalue weighted by molar-refractivity contribution is 8.03. The highest BCUT2D eigenvalue weighted by Crippen LogP contribution is 2.53. The van der Waals surface area contributed by atoms with Crippen molar-refractivity contribution in [1.29, 1.82) is 0 Å². The number of rotatable bonds is 6. The summed E-state index contributed by atoms with van der Waals surface area (Å²) in [5.41, 5.74) is 5.29. The van der Waals surface area contributed by atoms with E-state index in [-0.39, 0.29) is 40.8 Å². The zero-order chi connectivity index (χ0) is 22.1. The summed E-state index contributed by atoms with van der Waals surface area (Å²) in [4.78, 5) is 43.5. The lowest BCUT2D eigenvalue weighted by Gasteiger charge is -2.46. The van der Waals surface area contributed by atoms with Crippen LogP contribution in [-0.2, 0) is 14.4 Å². The lowest BCUT2D eigenvalue weighted by molar-refractivity contribution is -0.163. The molecule has 0 bridgehead atoms. The molecule has 2 amide bonds. The van der Waals surface area contributed by atoms with Crippen molar-refractivity contribution in [3.05, 3.63) is 10.6 Å². The fourth-order valence-corrected chi connectivity index (χ4v) is 7.22. The standard InChI is InChI=1S/C20H30N4O5S/c1-9-14-13(10(2)25)18(27)24(14)15(19(28)29)16(9)30-11-7-12-17(26)22(6-5-21)20(3,4)23(12)8-11/h9-14,25H,5-8,21H2,1-4H3,(H,28,29)/t9-,10-,11+,12+,13-,14-/m1/s1. The molecule has 0 spiro atoms. The Hall–Kier alpha value is -1.62. The third-order valence-corrected chi connectivity index (χ3v) is 8.63. The van der Waals surface area contributed by atoms with Crippen LogP contribution in [0.4, 0.5) is 0 Å². The number of carboxylic acids is 1. The highest BCUT2D eigenvalue weighted by atomic mass is 32.2. The van der Waals surface area contributed by atoms with Gasteiger partial charge in [0.2, 0.25) is 11.8 Å². The van der Waals surface area contributed by atoms with Gasteiger partial charge < -0.3 is 25.7 Å². The number of carbonyl (C=O) groups excluding carboxylic acids is 2. The van der Waals surface area contributed by atoms with Crippen molar-refractivity contribution < 1.29 is 24.6 Å². The number of aliphatic hydroxyl groups excluding tert-OH is 1. The summed E-state index contributed by atoms with van der Waals surface area (Å²) in [6.45, 7) is 9.13. The molecule has 4 rings (SSSR count). The molecule has 0 aromatic rings. The zero-order valence-corrected chi connectivity index (χ0v) is 18.6. The number of β-lactam (4-membered cyclic amide) rings is 1. The Balaban J connectivity index is 1.55. The predicted molar refractivity (Wildman–Crippen MR) is 111 cm³/mol. The molecule has 0 radical (unpaired) electrons. The lowest BCUT2D eigenvalue weighted by atomic mass is 9.79. The fraction of sp³-hybridized carbons (Fsp3) is 0.750. The molecular formula is C20H30N4O5S. The van der Waals surface area contributed by atoms with E-state index in [1.807, 2.05) is 25.7 Å². The Labute approximate surface area is 180 Å². The molecule has 3 fully saturated rings. The van der Waals surface area contributed by atoms with E-state index in [1.54, 1.807) is 6.92 Å². The predicted octanol–water partition coefficient (Wildman–Crippen LogP) is -0.147. The molecule has 0 unspecified atom stereocenters. The van der Waals surface area contributed by atoms with Crippen molar-refractivity contribution >= 4 is 29.5 Å². The van der Waals surface area contributed by atoms with Gasteiger partial charge in [0.1, 0.15) is 5.70 Å². The van der Waals surface area contributed by atoms with Crippen LogP contribution in [0.3, 0.4) is 0 Å². The van der Waals surface area contributed by atoms with E-state index in [4.69, 9.17) is 5.73 Å². The molecule has 166 valence electrons. The minimum atomic E-state index is -1.12. The van der Waals surface area contributed by atoms with Crippen molar-refractivity contribution in [1.82, 2.24) is 14.7 Å². The van der Waals surface area contributed by atoms with Crippen LogP contribution in [0.5, 0.6) is 0 Å². The van der Waals surface area contributed by atoms with Crippen LogP contribution < -0.4 is 5.73 Å². The Kier molecular flexibility index (Phi) is 5.20. The molecule has 4 heterocycles. The zero-order valence-electron chi connectivity index (χ0n) is 17.7. The molecule has 4 aliphatic heterocycles. The minimum absolute atomic E-state index is 0.0433. The molecule has 3 saturated heterocycles. The first-order valence-electron chi connectivity index (χ1n) is 10.5. The van der Waals surface area contributed by atoms with Gasteiger partial charge >= 0.3 is 5.97 Å². The molecule has 30 heavy (non-hydrogen) atoms. The van der Waals surface area contributed by atoms with Crippen molar-refractivity contribution in [2.45, 2.75) is 63.2 Å². The van der Waals surface area contributed by atoms with Crippen LogP contribution >= 0.6 is 11.8 Å². The molecule has 0 saturated carbocycles. The molecule has 0 aromatic carbocycles. The number of fused-ring (bicyclic) bond motifs is 2. The van der Waals surface area contributed by atoms with Crippen molar-refractivity contribution in [3.63, 3.8) is 0 Å². The smallest absolute Gasteiger partial charge is 0.353 e. The number of carbonyl (C=O) groups is 3. The number of nitrogens with two attached hydrogens (primary N) is 1. The van der Waals surface area contributed by atoms with Crippen LogP contribution in [0.2, 0.25) is 0 Å². The van der Waals surface area contributed by atoms with Gasteiger partial charge in [0, 0.05) is 35.7 Å². The van der Waals surface area contributed by atoms with Crippen molar-refractivity contribution in [2.24, 2.45) is 17.6 Å². The molecule has 4 N–H and O–H groups in total.